The van der Waals surface area contributed by atoms with Gasteiger partial charge in [0.15, 0.2) is 0 Å². The molecule has 25 heavy (non-hydrogen) atoms. The van der Waals surface area contributed by atoms with Crippen molar-refractivity contribution in [3.63, 3.8) is 0 Å². The third-order valence-corrected chi connectivity index (χ3v) is 5.63. The molecule has 132 valence electrons. The van der Waals surface area contributed by atoms with Crippen LogP contribution in [0.25, 0.3) is 6.08 Å². The highest BCUT2D eigenvalue weighted by atomic mass is 15.2. The Morgan fingerprint density at radius 1 is 1.00 bits per heavy atom. The van der Waals surface area contributed by atoms with Gasteiger partial charge in [0.1, 0.15) is 0 Å². The maximum atomic E-state index is 2.40. The lowest BCUT2D eigenvalue weighted by molar-refractivity contribution is 0.489. The van der Waals surface area contributed by atoms with Crippen LogP contribution in [0.3, 0.4) is 0 Å². The molecule has 0 saturated carbocycles. The zero-order valence-corrected chi connectivity index (χ0v) is 16.2. The van der Waals surface area contributed by atoms with Crippen LogP contribution in [0.2, 0.25) is 0 Å². The van der Waals surface area contributed by atoms with E-state index in [1.165, 1.54) is 22.5 Å². The zero-order valence-electron chi connectivity index (χ0n) is 16.2. The van der Waals surface area contributed by atoms with Crippen LogP contribution in [0.5, 0.6) is 0 Å². The summed E-state index contributed by atoms with van der Waals surface area (Å²) in [6.45, 7) is 11.2. The van der Waals surface area contributed by atoms with Crippen LogP contribution in [0, 0.1) is 0 Å². The van der Waals surface area contributed by atoms with E-state index in [0.717, 1.165) is 13.1 Å². The van der Waals surface area contributed by atoms with Gasteiger partial charge in [-0.15, -0.1) is 0 Å². The van der Waals surface area contributed by atoms with Crippen LogP contribution >= 0.6 is 0 Å². The standard InChI is InChI=1S/C23H30N2/c1-6-25(7-2)19-15-12-18(13-16-19)14-17-22-23(3,4)20-10-8-9-11-21(20)24(22)5/h8-17,22H,6-7H2,1-5H3. The zero-order chi connectivity index (χ0) is 18.0. The van der Waals surface area contributed by atoms with Crippen molar-refractivity contribution in [2.45, 2.75) is 39.2 Å². The number of para-hydroxylation sites is 1. The van der Waals surface area contributed by atoms with Crippen molar-refractivity contribution in [1.82, 2.24) is 0 Å². The summed E-state index contributed by atoms with van der Waals surface area (Å²) in [6, 6.07) is 18.0. The predicted octanol–water partition coefficient (Wildman–Crippen LogP) is 5.34. The van der Waals surface area contributed by atoms with E-state index in [4.69, 9.17) is 0 Å². The highest BCUT2D eigenvalue weighted by molar-refractivity contribution is 5.66. The first-order chi connectivity index (χ1) is 12.0. The lowest BCUT2D eigenvalue weighted by atomic mass is 9.80. The third kappa shape index (κ3) is 3.18. The van der Waals surface area contributed by atoms with Crippen molar-refractivity contribution in [2.75, 3.05) is 29.9 Å². The summed E-state index contributed by atoms with van der Waals surface area (Å²) >= 11 is 0. The molecule has 1 atom stereocenters. The minimum Gasteiger partial charge on any atom is -0.372 e. The first-order valence-corrected chi connectivity index (χ1v) is 9.34. The molecule has 0 saturated heterocycles. The van der Waals surface area contributed by atoms with E-state index >= 15 is 0 Å². The molecule has 0 radical (unpaired) electrons. The van der Waals surface area contributed by atoms with Gasteiger partial charge >= 0.3 is 0 Å². The Labute approximate surface area is 152 Å². The van der Waals surface area contributed by atoms with Gasteiger partial charge in [-0.1, -0.05) is 56.3 Å². The average Bonchev–Trinajstić information content (AvgIpc) is 2.82. The fourth-order valence-electron chi connectivity index (χ4n) is 4.08. The van der Waals surface area contributed by atoms with Gasteiger partial charge in [0, 0.05) is 36.9 Å². The molecule has 3 rings (SSSR count). The Balaban J connectivity index is 1.81. The van der Waals surface area contributed by atoms with Crippen LogP contribution in [0.15, 0.2) is 54.6 Å². The highest BCUT2D eigenvalue weighted by Gasteiger charge is 2.41. The molecule has 2 aromatic rings. The number of hydrogen-bond acceptors (Lipinski definition) is 2. The van der Waals surface area contributed by atoms with Crippen LogP contribution in [0.4, 0.5) is 11.4 Å². The summed E-state index contributed by atoms with van der Waals surface area (Å²) in [6.07, 6.45) is 4.62. The largest absolute Gasteiger partial charge is 0.372 e. The third-order valence-electron chi connectivity index (χ3n) is 5.63. The van der Waals surface area contributed by atoms with Crippen molar-refractivity contribution < 1.29 is 0 Å². The smallest absolute Gasteiger partial charge is 0.0565 e. The summed E-state index contributed by atoms with van der Waals surface area (Å²) in [7, 11) is 2.20. The number of anilines is 2. The number of fused-ring (bicyclic) bond motifs is 1. The number of benzene rings is 2. The number of rotatable bonds is 5. The van der Waals surface area contributed by atoms with Gasteiger partial charge in [-0.25, -0.2) is 0 Å². The van der Waals surface area contributed by atoms with Gasteiger partial charge in [-0.2, -0.15) is 0 Å². The Morgan fingerprint density at radius 3 is 2.24 bits per heavy atom. The van der Waals surface area contributed by atoms with E-state index in [-0.39, 0.29) is 5.41 Å². The number of nitrogens with zero attached hydrogens (tertiary/aromatic N) is 2. The molecule has 2 aromatic carbocycles. The lowest BCUT2D eigenvalue weighted by Gasteiger charge is -2.29. The fraction of sp³-hybridized carbons (Fsp3) is 0.391. The van der Waals surface area contributed by atoms with Gasteiger partial charge in [0.2, 0.25) is 0 Å². The Morgan fingerprint density at radius 2 is 1.64 bits per heavy atom. The van der Waals surface area contributed by atoms with E-state index in [2.05, 4.69) is 105 Å². The monoisotopic (exact) mass is 334 g/mol. The van der Waals surface area contributed by atoms with Crippen LogP contribution in [-0.2, 0) is 5.41 Å². The summed E-state index contributed by atoms with van der Waals surface area (Å²) in [5.41, 5.74) is 5.45. The molecule has 0 fully saturated rings. The van der Waals surface area contributed by atoms with Crippen molar-refractivity contribution >= 4 is 17.5 Å². The molecule has 0 amide bonds. The van der Waals surface area contributed by atoms with E-state index in [1.807, 2.05) is 0 Å². The molecule has 2 nitrogen and oxygen atoms in total. The van der Waals surface area contributed by atoms with E-state index in [9.17, 15) is 0 Å². The second-order valence-electron chi connectivity index (χ2n) is 7.42. The second kappa shape index (κ2) is 6.95. The minimum atomic E-state index is 0.114. The van der Waals surface area contributed by atoms with Gasteiger partial charge in [0.25, 0.3) is 0 Å². The Bertz CT molecular complexity index is 739. The fourth-order valence-corrected chi connectivity index (χ4v) is 4.08. The quantitative estimate of drug-likeness (QED) is 0.728. The molecule has 1 aliphatic rings. The molecular formula is C23H30N2. The topological polar surface area (TPSA) is 6.48 Å². The highest BCUT2D eigenvalue weighted by Crippen LogP contribution is 2.44. The SMILES string of the molecule is CCN(CC)c1ccc(C=CC2N(C)c3ccccc3C2(C)C)cc1. The first kappa shape index (κ1) is 17.6. The van der Waals surface area contributed by atoms with E-state index in [0.29, 0.717) is 6.04 Å². The molecule has 0 aliphatic carbocycles. The van der Waals surface area contributed by atoms with Crippen LogP contribution < -0.4 is 9.80 Å². The van der Waals surface area contributed by atoms with Crippen LogP contribution in [-0.4, -0.2) is 26.2 Å². The Hall–Kier alpha value is -2.22. The normalized spacial score (nSPS) is 18.6. The first-order valence-electron chi connectivity index (χ1n) is 9.34. The molecule has 2 heteroatoms. The number of likely N-dealkylation sites (N-methyl/N-ethyl adjacent to an activating group) is 1. The maximum absolute atomic E-state index is 2.40. The summed E-state index contributed by atoms with van der Waals surface area (Å²) < 4.78 is 0. The minimum absolute atomic E-state index is 0.114. The molecular weight excluding hydrogens is 304 g/mol. The predicted molar refractivity (Wildman–Crippen MR) is 111 cm³/mol. The molecule has 0 bridgehead atoms. The van der Waals surface area contributed by atoms with Crippen LogP contribution in [0.1, 0.15) is 38.8 Å². The number of hydrogen-bond donors (Lipinski definition) is 0. The van der Waals surface area contributed by atoms with Gasteiger partial charge in [-0.3, -0.25) is 0 Å². The lowest BCUT2D eigenvalue weighted by Crippen LogP contribution is -2.37. The van der Waals surface area contributed by atoms with E-state index in [1.54, 1.807) is 0 Å². The second-order valence-corrected chi connectivity index (χ2v) is 7.42. The molecule has 1 aliphatic heterocycles. The van der Waals surface area contributed by atoms with E-state index < -0.39 is 0 Å². The van der Waals surface area contributed by atoms with Crippen molar-refractivity contribution in [3.8, 4) is 0 Å². The molecule has 1 heterocycles. The molecule has 1 unspecified atom stereocenters. The molecule has 0 spiro atoms. The van der Waals surface area contributed by atoms with Gasteiger partial charge in [0.05, 0.1) is 6.04 Å². The Kier molecular flexibility index (Phi) is 4.89. The summed E-state index contributed by atoms with van der Waals surface area (Å²) in [5, 5.41) is 0. The van der Waals surface area contributed by atoms with Crippen molar-refractivity contribution in [3.05, 3.63) is 65.7 Å². The van der Waals surface area contributed by atoms with Gasteiger partial charge in [-0.05, 0) is 43.2 Å². The molecule has 0 N–H and O–H groups in total. The maximum Gasteiger partial charge on any atom is 0.0565 e. The van der Waals surface area contributed by atoms with Crippen molar-refractivity contribution in [2.24, 2.45) is 0 Å². The average molecular weight is 335 g/mol. The van der Waals surface area contributed by atoms with Crippen molar-refractivity contribution in [1.29, 1.82) is 0 Å². The van der Waals surface area contributed by atoms with Gasteiger partial charge < -0.3 is 9.80 Å². The molecule has 0 aromatic heterocycles. The summed E-state index contributed by atoms with van der Waals surface area (Å²) in [5.74, 6) is 0. The summed E-state index contributed by atoms with van der Waals surface area (Å²) in [4.78, 5) is 4.77.